The van der Waals surface area contributed by atoms with Crippen molar-refractivity contribution >= 4 is 35.1 Å². The van der Waals surface area contributed by atoms with Gasteiger partial charge in [0.15, 0.2) is 0 Å². The van der Waals surface area contributed by atoms with Gasteiger partial charge in [-0.3, -0.25) is 15.2 Å². The summed E-state index contributed by atoms with van der Waals surface area (Å²) in [6, 6.07) is 6.27. The lowest BCUT2D eigenvalue weighted by Crippen LogP contribution is -2.52. The van der Waals surface area contributed by atoms with Crippen LogP contribution in [0.1, 0.15) is 31.2 Å². The lowest BCUT2D eigenvalue weighted by molar-refractivity contribution is -0.133. The number of piperidine rings is 1. The van der Waals surface area contributed by atoms with Crippen molar-refractivity contribution in [1.29, 1.82) is 5.41 Å². The minimum absolute atomic E-state index is 0.126. The number of rotatable bonds is 4. The van der Waals surface area contributed by atoms with Gasteiger partial charge in [0.2, 0.25) is 5.91 Å². The normalized spacial score (nSPS) is 16.6. The maximum Gasteiger partial charge on any atom is 0.327 e. The third-order valence-corrected chi connectivity index (χ3v) is 5.90. The second-order valence-corrected chi connectivity index (χ2v) is 8.25. The summed E-state index contributed by atoms with van der Waals surface area (Å²) in [5.41, 5.74) is 0.680. The molecule has 1 aliphatic carbocycles. The SMILES string of the molecule is N=C(c1ccncc1Cl)N(C(=O)NC1CCN(C(=O)C2CC2)CC1)c1ccc(F)cc1. The monoisotopic (exact) mass is 443 g/mol. The van der Waals surface area contributed by atoms with Crippen LogP contribution in [0.3, 0.4) is 0 Å². The van der Waals surface area contributed by atoms with Crippen molar-refractivity contribution in [3.8, 4) is 0 Å². The molecular formula is C22H23ClFN5O2. The number of nitrogens with one attached hydrogen (secondary N) is 2. The molecule has 2 aliphatic rings. The number of carbonyl (C=O) groups excluding carboxylic acids is 2. The fraction of sp³-hybridized carbons (Fsp3) is 0.364. The van der Waals surface area contributed by atoms with Gasteiger partial charge >= 0.3 is 6.03 Å². The molecule has 2 fully saturated rings. The summed E-state index contributed by atoms with van der Waals surface area (Å²) in [7, 11) is 0. The zero-order valence-corrected chi connectivity index (χ0v) is 17.6. The Bertz CT molecular complexity index is 988. The molecule has 7 nitrogen and oxygen atoms in total. The first-order valence-corrected chi connectivity index (χ1v) is 10.6. The highest BCUT2D eigenvalue weighted by atomic mass is 35.5. The first-order valence-electron chi connectivity index (χ1n) is 10.3. The van der Waals surface area contributed by atoms with E-state index in [2.05, 4.69) is 10.3 Å². The van der Waals surface area contributed by atoms with Crippen molar-refractivity contribution in [2.75, 3.05) is 18.0 Å². The largest absolute Gasteiger partial charge is 0.342 e. The lowest BCUT2D eigenvalue weighted by Gasteiger charge is -2.34. The Morgan fingerprint density at radius 3 is 2.42 bits per heavy atom. The van der Waals surface area contributed by atoms with Crippen molar-refractivity contribution < 1.29 is 14.0 Å². The van der Waals surface area contributed by atoms with E-state index >= 15 is 0 Å². The molecule has 31 heavy (non-hydrogen) atoms. The summed E-state index contributed by atoms with van der Waals surface area (Å²) in [5.74, 6) is -0.180. The number of amidine groups is 1. The molecule has 4 rings (SSSR count). The average Bonchev–Trinajstić information content (AvgIpc) is 3.61. The van der Waals surface area contributed by atoms with Crippen molar-refractivity contribution in [2.24, 2.45) is 5.92 Å². The van der Waals surface area contributed by atoms with Crippen LogP contribution in [0.4, 0.5) is 14.9 Å². The number of benzene rings is 1. The lowest BCUT2D eigenvalue weighted by atomic mass is 10.0. The van der Waals surface area contributed by atoms with Gasteiger partial charge in [0.05, 0.1) is 10.7 Å². The minimum atomic E-state index is -0.503. The summed E-state index contributed by atoms with van der Waals surface area (Å²) in [4.78, 5) is 32.4. The summed E-state index contributed by atoms with van der Waals surface area (Å²) in [6.45, 7) is 1.20. The fourth-order valence-electron chi connectivity index (χ4n) is 3.70. The van der Waals surface area contributed by atoms with Crippen molar-refractivity contribution in [3.63, 3.8) is 0 Å². The van der Waals surface area contributed by atoms with Gasteiger partial charge in [-0.2, -0.15) is 0 Å². The number of hydrogen-bond acceptors (Lipinski definition) is 4. The highest BCUT2D eigenvalue weighted by Gasteiger charge is 2.35. The van der Waals surface area contributed by atoms with Crippen LogP contribution in [-0.4, -0.2) is 46.8 Å². The van der Waals surface area contributed by atoms with Crippen LogP contribution in [-0.2, 0) is 4.79 Å². The van der Waals surface area contributed by atoms with E-state index in [-0.39, 0.29) is 28.7 Å². The Morgan fingerprint density at radius 1 is 1.13 bits per heavy atom. The first-order chi connectivity index (χ1) is 14.9. The zero-order chi connectivity index (χ0) is 22.0. The van der Waals surface area contributed by atoms with Gasteiger partial charge in [-0.1, -0.05) is 11.6 Å². The van der Waals surface area contributed by atoms with E-state index in [1.807, 2.05) is 4.90 Å². The number of likely N-dealkylation sites (tertiary alicyclic amines) is 1. The number of hydrogen-bond donors (Lipinski definition) is 2. The molecule has 1 aromatic carbocycles. The topological polar surface area (TPSA) is 89.4 Å². The molecule has 9 heteroatoms. The summed E-state index contributed by atoms with van der Waals surface area (Å²) < 4.78 is 13.4. The second-order valence-electron chi connectivity index (χ2n) is 7.84. The zero-order valence-electron chi connectivity index (χ0n) is 16.9. The van der Waals surface area contributed by atoms with Gasteiger partial charge in [0, 0.05) is 43.0 Å². The summed E-state index contributed by atoms with van der Waals surface area (Å²) in [5, 5.41) is 11.8. The number of halogens is 2. The number of pyridine rings is 1. The van der Waals surface area contributed by atoms with E-state index in [0.29, 0.717) is 37.2 Å². The van der Waals surface area contributed by atoms with Gasteiger partial charge in [-0.15, -0.1) is 0 Å². The van der Waals surface area contributed by atoms with E-state index in [9.17, 15) is 14.0 Å². The number of urea groups is 1. The standard InChI is InChI=1S/C22H23ClFN5O2/c23-19-13-26-10-7-18(19)20(25)29(17-5-3-15(24)4-6-17)22(31)27-16-8-11-28(12-9-16)21(30)14-1-2-14/h3-7,10,13-14,16,25H,1-2,8-9,11-12H2,(H,27,31). The quantitative estimate of drug-likeness (QED) is 0.556. The molecule has 0 radical (unpaired) electrons. The number of carbonyl (C=O) groups is 2. The van der Waals surface area contributed by atoms with Crippen LogP contribution in [0.2, 0.25) is 5.02 Å². The molecule has 162 valence electrons. The highest BCUT2D eigenvalue weighted by Crippen LogP contribution is 2.32. The van der Waals surface area contributed by atoms with Gasteiger partial charge < -0.3 is 10.2 Å². The molecule has 0 spiro atoms. The van der Waals surface area contributed by atoms with E-state index in [0.717, 1.165) is 12.8 Å². The van der Waals surface area contributed by atoms with Crippen molar-refractivity contribution in [1.82, 2.24) is 15.2 Å². The Kier molecular flexibility index (Phi) is 6.18. The molecule has 1 aromatic heterocycles. The average molecular weight is 444 g/mol. The van der Waals surface area contributed by atoms with Crippen molar-refractivity contribution in [2.45, 2.75) is 31.7 Å². The fourth-order valence-corrected chi connectivity index (χ4v) is 3.91. The molecule has 0 atom stereocenters. The third-order valence-electron chi connectivity index (χ3n) is 5.60. The van der Waals surface area contributed by atoms with Crippen LogP contribution in [0.5, 0.6) is 0 Å². The van der Waals surface area contributed by atoms with Crippen LogP contribution in [0, 0.1) is 17.1 Å². The summed E-state index contributed by atoms with van der Waals surface area (Å²) >= 11 is 6.19. The van der Waals surface area contributed by atoms with Gasteiger partial charge in [-0.05, 0) is 56.0 Å². The molecule has 2 N–H and O–H groups in total. The Balaban J connectivity index is 1.49. The van der Waals surface area contributed by atoms with Gasteiger partial charge in [-0.25, -0.2) is 14.1 Å². The molecule has 3 amide bonds. The van der Waals surface area contributed by atoms with E-state index < -0.39 is 11.8 Å². The van der Waals surface area contributed by atoms with Gasteiger partial charge in [0.1, 0.15) is 11.7 Å². The van der Waals surface area contributed by atoms with Crippen LogP contribution < -0.4 is 10.2 Å². The number of amides is 3. The highest BCUT2D eigenvalue weighted by molar-refractivity contribution is 6.36. The van der Waals surface area contributed by atoms with Crippen LogP contribution in [0.25, 0.3) is 0 Å². The molecule has 0 unspecified atom stereocenters. The van der Waals surface area contributed by atoms with Crippen LogP contribution in [0.15, 0.2) is 42.7 Å². The first kappa shape index (κ1) is 21.2. The molecule has 1 aliphatic heterocycles. The molecular weight excluding hydrogens is 421 g/mol. The number of anilines is 1. The predicted octanol–water partition coefficient (Wildman–Crippen LogP) is 3.82. The Hall–Kier alpha value is -3.00. The van der Waals surface area contributed by atoms with Crippen LogP contribution >= 0.6 is 11.6 Å². The van der Waals surface area contributed by atoms with E-state index in [1.165, 1.54) is 41.6 Å². The minimum Gasteiger partial charge on any atom is -0.342 e. The third kappa shape index (κ3) is 4.85. The molecule has 0 bridgehead atoms. The van der Waals surface area contributed by atoms with E-state index in [1.54, 1.807) is 6.07 Å². The second kappa shape index (κ2) is 9.01. The molecule has 1 saturated heterocycles. The smallest absolute Gasteiger partial charge is 0.327 e. The Labute approximate surface area is 184 Å². The molecule has 2 heterocycles. The molecule has 1 saturated carbocycles. The van der Waals surface area contributed by atoms with E-state index in [4.69, 9.17) is 17.0 Å². The predicted molar refractivity (Wildman–Crippen MR) is 116 cm³/mol. The van der Waals surface area contributed by atoms with Gasteiger partial charge in [0.25, 0.3) is 0 Å². The maximum absolute atomic E-state index is 13.4. The van der Waals surface area contributed by atoms with Crippen molar-refractivity contribution in [3.05, 3.63) is 59.1 Å². The number of aromatic nitrogens is 1. The maximum atomic E-state index is 13.4. The Morgan fingerprint density at radius 2 is 1.81 bits per heavy atom. The summed E-state index contributed by atoms with van der Waals surface area (Å²) in [6.07, 6.45) is 6.13. The molecule has 2 aromatic rings. The number of nitrogens with zero attached hydrogens (tertiary/aromatic N) is 3.